The van der Waals surface area contributed by atoms with Crippen LogP contribution in [0.2, 0.25) is 0 Å². The zero-order valence-corrected chi connectivity index (χ0v) is 7.80. The van der Waals surface area contributed by atoms with Gasteiger partial charge in [-0.2, -0.15) is 0 Å². The third-order valence-corrected chi connectivity index (χ3v) is 2.31. The summed E-state index contributed by atoms with van der Waals surface area (Å²) in [5, 5.41) is 10.0. The van der Waals surface area contributed by atoms with E-state index in [1.54, 1.807) is 0 Å². The number of hydrogen-bond donors (Lipinski definition) is 3. The first-order valence-electron chi connectivity index (χ1n) is 4.44. The fourth-order valence-corrected chi connectivity index (χ4v) is 1.59. The Morgan fingerprint density at radius 1 is 1.67 bits per heavy atom. The molecule has 1 aliphatic heterocycles. The second-order valence-electron chi connectivity index (χ2n) is 3.63. The molecule has 4 heteroatoms. The highest BCUT2D eigenvalue weighted by atomic mass is 15.2. The van der Waals surface area contributed by atoms with Gasteiger partial charge in [0.05, 0.1) is 0 Å². The number of nitrogens with two attached hydrogens (primary N) is 1. The predicted molar refractivity (Wildman–Crippen MR) is 50.2 cm³/mol. The highest BCUT2D eigenvalue weighted by Gasteiger charge is 2.23. The van der Waals surface area contributed by atoms with Crippen LogP contribution in [0.4, 0.5) is 0 Å². The van der Waals surface area contributed by atoms with Crippen molar-refractivity contribution in [2.75, 3.05) is 13.1 Å². The molecule has 0 saturated carbocycles. The van der Waals surface area contributed by atoms with E-state index in [1.807, 2.05) is 0 Å². The van der Waals surface area contributed by atoms with Crippen LogP contribution >= 0.6 is 0 Å². The monoisotopic (exact) mass is 170 g/mol. The second kappa shape index (κ2) is 3.76. The molecule has 70 valence electrons. The van der Waals surface area contributed by atoms with Crippen molar-refractivity contribution >= 4 is 5.96 Å². The smallest absolute Gasteiger partial charge is 0.185 e. The van der Waals surface area contributed by atoms with Crippen LogP contribution < -0.4 is 11.1 Å². The van der Waals surface area contributed by atoms with Crippen LogP contribution in [0.5, 0.6) is 0 Å². The van der Waals surface area contributed by atoms with E-state index < -0.39 is 0 Å². The number of hydrogen-bond acceptors (Lipinski definition) is 2. The first kappa shape index (κ1) is 9.32. The molecule has 0 radical (unpaired) electrons. The van der Waals surface area contributed by atoms with Gasteiger partial charge in [0.1, 0.15) is 0 Å². The van der Waals surface area contributed by atoms with Gasteiger partial charge < -0.3 is 11.1 Å². The molecule has 1 fully saturated rings. The molecule has 0 aromatic rings. The molecule has 0 aromatic heterocycles. The van der Waals surface area contributed by atoms with Crippen molar-refractivity contribution in [2.45, 2.75) is 32.4 Å². The van der Waals surface area contributed by atoms with Crippen molar-refractivity contribution in [2.24, 2.45) is 5.73 Å². The molecule has 4 N–H and O–H groups in total. The summed E-state index contributed by atoms with van der Waals surface area (Å²) in [5.74, 6) is 0.0885. The maximum Gasteiger partial charge on any atom is 0.185 e. The van der Waals surface area contributed by atoms with Gasteiger partial charge in [-0.05, 0) is 20.3 Å². The molecule has 1 aliphatic rings. The van der Waals surface area contributed by atoms with E-state index in [0.29, 0.717) is 12.1 Å². The Hall–Kier alpha value is -0.770. The van der Waals surface area contributed by atoms with Gasteiger partial charge in [0.2, 0.25) is 0 Å². The Morgan fingerprint density at radius 3 is 2.75 bits per heavy atom. The number of likely N-dealkylation sites (tertiary alicyclic amines) is 1. The Kier molecular flexibility index (Phi) is 2.92. The quantitative estimate of drug-likeness (QED) is 0.402. The molecular weight excluding hydrogens is 152 g/mol. The summed E-state index contributed by atoms with van der Waals surface area (Å²) in [6.07, 6.45) is 1.10. The van der Waals surface area contributed by atoms with E-state index in [2.05, 4.69) is 24.1 Å². The lowest BCUT2D eigenvalue weighted by molar-refractivity contribution is 0.271. The van der Waals surface area contributed by atoms with Crippen molar-refractivity contribution in [1.82, 2.24) is 10.2 Å². The van der Waals surface area contributed by atoms with Gasteiger partial charge in [-0.3, -0.25) is 10.3 Å². The largest absolute Gasteiger partial charge is 0.370 e. The Balaban J connectivity index is 2.30. The maximum absolute atomic E-state index is 7.08. The van der Waals surface area contributed by atoms with Crippen LogP contribution in [-0.4, -0.2) is 36.0 Å². The lowest BCUT2D eigenvalue weighted by Crippen LogP contribution is -2.41. The summed E-state index contributed by atoms with van der Waals surface area (Å²) in [7, 11) is 0. The molecule has 0 bridgehead atoms. The van der Waals surface area contributed by atoms with Crippen molar-refractivity contribution in [1.29, 1.82) is 5.41 Å². The number of guanidine groups is 1. The van der Waals surface area contributed by atoms with Crippen molar-refractivity contribution in [3.05, 3.63) is 0 Å². The molecule has 1 atom stereocenters. The zero-order valence-electron chi connectivity index (χ0n) is 7.80. The van der Waals surface area contributed by atoms with Crippen molar-refractivity contribution < 1.29 is 0 Å². The minimum atomic E-state index is 0.0885. The molecular formula is C8H18N4. The zero-order chi connectivity index (χ0) is 9.14. The molecule has 4 nitrogen and oxygen atoms in total. The van der Waals surface area contributed by atoms with Crippen LogP contribution in [0.3, 0.4) is 0 Å². The maximum atomic E-state index is 7.08. The fraction of sp³-hybridized carbons (Fsp3) is 0.875. The van der Waals surface area contributed by atoms with Gasteiger partial charge in [-0.25, -0.2) is 0 Å². The van der Waals surface area contributed by atoms with Crippen LogP contribution in [0.15, 0.2) is 0 Å². The van der Waals surface area contributed by atoms with Crippen LogP contribution in [0.25, 0.3) is 0 Å². The fourth-order valence-electron chi connectivity index (χ4n) is 1.59. The summed E-state index contributed by atoms with van der Waals surface area (Å²) >= 11 is 0. The van der Waals surface area contributed by atoms with Crippen LogP contribution in [-0.2, 0) is 0 Å². The van der Waals surface area contributed by atoms with Crippen molar-refractivity contribution in [3.8, 4) is 0 Å². The van der Waals surface area contributed by atoms with E-state index in [-0.39, 0.29) is 5.96 Å². The first-order valence-corrected chi connectivity index (χ1v) is 4.44. The van der Waals surface area contributed by atoms with Gasteiger partial charge in [0.15, 0.2) is 5.96 Å². The predicted octanol–water partition coefficient (Wildman–Crippen LogP) is -0.0478. The van der Waals surface area contributed by atoms with E-state index in [1.165, 1.54) is 0 Å². The Bertz CT molecular complexity index is 166. The number of rotatable bonds is 2. The van der Waals surface area contributed by atoms with Gasteiger partial charge in [0.25, 0.3) is 0 Å². The summed E-state index contributed by atoms with van der Waals surface area (Å²) in [4.78, 5) is 2.39. The lowest BCUT2D eigenvalue weighted by Gasteiger charge is -2.20. The summed E-state index contributed by atoms with van der Waals surface area (Å²) < 4.78 is 0. The standard InChI is InChI=1S/C8H18N4/c1-6(2)12-4-3-7(5-12)11-8(9)10/h6-7H,3-5H2,1-2H3,(H4,9,10,11). The summed E-state index contributed by atoms with van der Waals surface area (Å²) in [6.45, 7) is 6.51. The summed E-state index contributed by atoms with van der Waals surface area (Å²) in [6, 6.07) is 0.980. The highest BCUT2D eigenvalue weighted by Crippen LogP contribution is 2.11. The lowest BCUT2D eigenvalue weighted by atomic mass is 10.3. The van der Waals surface area contributed by atoms with Crippen molar-refractivity contribution in [3.63, 3.8) is 0 Å². The molecule has 1 heterocycles. The average molecular weight is 170 g/mol. The third-order valence-electron chi connectivity index (χ3n) is 2.31. The SMILES string of the molecule is CC(C)N1CCC(NC(=N)N)C1. The van der Waals surface area contributed by atoms with Gasteiger partial charge in [-0.1, -0.05) is 0 Å². The normalized spacial score (nSPS) is 24.8. The second-order valence-corrected chi connectivity index (χ2v) is 3.63. The van der Waals surface area contributed by atoms with Gasteiger partial charge in [-0.15, -0.1) is 0 Å². The summed E-state index contributed by atoms with van der Waals surface area (Å²) in [5.41, 5.74) is 5.25. The molecule has 0 spiro atoms. The highest BCUT2D eigenvalue weighted by molar-refractivity contribution is 5.74. The number of nitrogens with one attached hydrogen (secondary N) is 2. The van der Waals surface area contributed by atoms with E-state index in [0.717, 1.165) is 19.5 Å². The van der Waals surface area contributed by atoms with Gasteiger partial charge in [0, 0.05) is 25.2 Å². The van der Waals surface area contributed by atoms with Gasteiger partial charge >= 0.3 is 0 Å². The first-order chi connectivity index (χ1) is 5.59. The topological polar surface area (TPSA) is 65.1 Å². The third kappa shape index (κ3) is 2.37. The Morgan fingerprint density at radius 2 is 2.33 bits per heavy atom. The van der Waals surface area contributed by atoms with E-state index in [9.17, 15) is 0 Å². The average Bonchev–Trinajstić information content (AvgIpc) is 2.34. The number of nitrogens with zero attached hydrogens (tertiary/aromatic N) is 1. The molecule has 0 amide bonds. The van der Waals surface area contributed by atoms with Crippen LogP contribution in [0.1, 0.15) is 20.3 Å². The molecule has 0 aromatic carbocycles. The molecule has 0 aliphatic carbocycles. The minimum Gasteiger partial charge on any atom is -0.370 e. The molecule has 1 unspecified atom stereocenters. The van der Waals surface area contributed by atoms with E-state index >= 15 is 0 Å². The van der Waals surface area contributed by atoms with Crippen LogP contribution in [0, 0.1) is 5.41 Å². The molecule has 12 heavy (non-hydrogen) atoms. The minimum absolute atomic E-state index is 0.0885. The molecule has 1 saturated heterocycles. The molecule has 1 rings (SSSR count). The van der Waals surface area contributed by atoms with E-state index in [4.69, 9.17) is 11.1 Å². The Labute approximate surface area is 73.6 Å².